The van der Waals surface area contributed by atoms with Crippen molar-refractivity contribution in [2.75, 3.05) is 43.0 Å². The molecule has 5 aliphatic rings. The first-order valence-electron chi connectivity index (χ1n) is 24.1. The van der Waals surface area contributed by atoms with Crippen LogP contribution >= 0.6 is 0 Å². The number of nitrogens with one attached hydrogen (secondary N) is 3. The van der Waals surface area contributed by atoms with Gasteiger partial charge in [0.2, 0.25) is 0 Å². The second-order valence-electron chi connectivity index (χ2n) is 20.5. The molecule has 362 valence electrons. The number of aromatic nitrogens is 2. The fourth-order valence-electron chi connectivity index (χ4n) is 11.7. The van der Waals surface area contributed by atoms with E-state index in [0.29, 0.717) is 43.6 Å². The van der Waals surface area contributed by atoms with Crippen molar-refractivity contribution >= 4 is 44.0 Å². The van der Waals surface area contributed by atoms with Crippen LogP contribution in [0.25, 0.3) is 11.0 Å². The lowest BCUT2D eigenvalue weighted by atomic mass is 9.70. The van der Waals surface area contributed by atoms with E-state index in [0.717, 1.165) is 63.0 Å². The van der Waals surface area contributed by atoms with Gasteiger partial charge in [-0.3, -0.25) is 19.8 Å². The average molecular weight is 960 g/mol. The summed E-state index contributed by atoms with van der Waals surface area (Å²) in [6.45, 7) is 10.0. The highest BCUT2D eigenvalue weighted by atomic mass is 32.2. The Morgan fingerprint density at radius 1 is 1.06 bits per heavy atom. The van der Waals surface area contributed by atoms with E-state index in [1.165, 1.54) is 42.5 Å². The molecule has 17 heteroatoms. The molecule has 15 nitrogen and oxygen atoms in total. The predicted molar refractivity (Wildman–Crippen MR) is 260 cm³/mol. The van der Waals surface area contributed by atoms with Gasteiger partial charge in [-0.25, -0.2) is 22.5 Å². The maximum atomic E-state index is 14.8. The van der Waals surface area contributed by atoms with Crippen molar-refractivity contribution in [1.82, 2.24) is 19.6 Å². The number of hydrogen-bond donors (Lipinski definition) is 4. The Balaban J connectivity index is 0.884. The topological polar surface area (TPSA) is 192 Å². The molecule has 3 aromatic carbocycles. The third-order valence-corrected chi connectivity index (χ3v) is 16.9. The standard InChI is InChI=1S/C52H58FN7O8S/c1-5-41-46(26-39-40(53)27-54-49(39)56-41)68-45-23-33(58-21-19-52(20-22-58)29-59(30-52)43-12-8-11-37(43)36-10-7-6-9-35(36)31(2)3)13-14-38(45)50(61)57-69(65,66)34-24-44(60(63)64)48-47(25-34)67-28-42(55-48)32-15-17-51(4,62)18-16-32/h1,6-7,9-10,13-14,23-27,31-32,37,42-43,55,62H,8,11-12,15-22,28-30H2,2-4H3,(H,54,56)(H,57,61)/t32?,37-,42+,43-,51?/m0/s1. The maximum Gasteiger partial charge on any atom is 0.297 e. The van der Waals surface area contributed by atoms with E-state index in [9.17, 15) is 32.8 Å². The summed E-state index contributed by atoms with van der Waals surface area (Å²) in [4.78, 5) is 37.4. The van der Waals surface area contributed by atoms with Gasteiger partial charge >= 0.3 is 0 Å². The summed E-state index contributed by atoms with van der Waals surface area (Å²) in [6.07, 6.45) is 15.1. The zero-order valence-electron chi connectivity index (χ0n) is 39.1. The first kappa shape index (κ1) is 46.5. The van der Waals surface area contributed by atoms with Crippen LogP contribution in [0, 0.1) is 39.6 Å². The number of piperidine rings is 1. The van der Waals surface area contributed by atoms with Crippen molar-refractivity contribution in [3.05, 3.63) is 105 Å². The molecule has 0 unspecified atom stereocenters. The first-order valence-corrected chi connectivity index (χ1v) is 25.5. The van der Waals surface area contributed by atoms with Crippen LogP contribution < -0.4 is 24.4 Å². The van der Waals surface area contributed by atoms with Gasteiger partial charge in [0.25, 0.3) is 21.6 Å². The number of nitrogens with zero attached hydrogens (tertiary/aromatic N) is 4. The molecule has 10 rings (SSSR count). The normalized spacial score (nSPS) is 24.5. The Labute approximate surface area is 401 Å². The van der Waals surface area contributed by atoms with Gasteiger partial charge in [-0.05, 0) is 117 Å². The molecule has 4 N–H and O–H groups in total. The molecule has 3 aliphatic heterocycles. The number of carbonyl (C=O) groups is 1. The van der Waals surface area contributed by atoms with Crippen molar-refractivity contribution in [1.29, 1.82) is 0 Å². The summed E-state index contributed by atoms with van der Waals surface area (Å²) in [5, 5.41) is 26.2. The van der Waals surface area contributed by atoms with Crippen LogP contribution in [0.4, 0.5) is 21.5 Å². The lowest BCUT2D eigenvalue weighted by molar-refractivity contribution is -0.384. The van der Waals surface area contributed by atoms with Crippen molar-refractivity contribution in [2.45, 2.75) is 113 Å². The number of ether oxygens (including phenoxy) is 2. The summed E-state index contributed by atoms with van der Waals surface area (Å²) < 4.78 is 57.3. The van der Waals surface area contributed by atoms with E-state index in [4.69, 9.17) is 15.9 Å². The Kier molecular flexibility index (Phi) is 12.1. The van der Waals surface area contributed by atoms with Crippen LogP contribution in [-0.2, 0) is 10.0 Å². The fourth-order valence-corrected chi connectivity index (χ4v) is 12.7. The summed E-state index contributed by atoms with van der Waals surface area (Å²) in [5.41, 5.74) is 2.65. The number of aliphatic hydroxyl groups is 1. The fraction of sp³-hybridized carbons (Fsp3) is 0.462. The number of nitro benzene ring substituents is 1. The van der Waals surface area contributed by atoms with Crippen LogP contribution in [0.5, 0.6) is 17.2 Å². The Morgan fingerprint density at radius 3 is 2.54 bits per heavy atom. The van der Waals surface area contributed by atoms with Crippen LogP contribution in [-0.4, -0.2) is 89.7 Å². The molecule has 0 bridgehead atoms. The quantitative estimate of drug-likeness (QED) is 0.0559. The van der Waals surface area contributed by atoms with Crippen molar-refractivity contribution < 1.29 is 37.1 Å². The van der Waals surface area contributed by atoms with E-state index in [-0.39, 0.29) is 69.2 Å². The number of halogens is 1. The highest BCUT2D eigenvalue weighted by molar-refractivity contribution is 7.90. The van der Waals surface area contributed by atoms with Crippen LogP contribution in [0.2, 0.25) is 0 Å². The van der Waals surface area contributed by atoms with E-state index in [2.05, 4.69) is 73.8 Å². The highest BCUT2D eigenvalue weighted by Gasteiger charge is 2.49. The van der Waals surface area contributed by atoms with Crippen LogP contribution in [0.1, 0.15) is 118 Å². The lowest BCUT2D eigenvalue weighted by Gasteiger charge is -2.57. The number of pyridine rings is 1. The van der Waals surface area contributed by atoms with E-state index in [1.807, 2.05) is 0 Å². The number of rotatable bonds is 11. The molecule has 4 fully saturated rings. The lowest BCUT2D eigenvalue weighted by Crippen LogP contribution is -2.63. The van der Waals surface area contributed by atoms with Crippen molar-refractivity contribution in [3.63, 3.8) is 0 Å². The van der Waals surface area contributed by atoms with Crippen molar-refractivity contribution in [3.8, 4) is 29.6 Å². The number of anilines is 2. The van der Waals surface area contributed by atoms with Gasteiger partial charge in [0.15, 0.2) is 22.9 Å². The molecular formula is C52H58FN7O8S. The highest BCUT2D eigenvalue weighted by Crippen LogP contribution is 2.49. The Morgan fingerprint density at radius 2 is 1.81 bits per heavy atom. The minimum Gasteiger partial charge on any atom is -0.489 e. The molecule has 5 heterocycles. The molecule has 1 amide bonds. The second kappa shape index (κ2) is 17.9. The number of amides is 1. The smallest absolute Gasteiger partial charge is 0.297 e. The monoisotopic (exact) mass is 959 g/mol. The molecule has 3 atom stereocenters. The Hall–Kier alpha value is -6.22. The van der Waals surface area contributed by atoms with E-state index in [1.54, 1.807) is 19.1 Å². The number of terminal acetylenes is 1. The largest absolute Gasteiger partial charge is 0.489 e. The number of hydrogen-bond acceptors (Lipinski definition) is 12. The van der Waals surface area contributed by atoms with Gasteiger partial charge in [0.05, 0.1) is 32.4 Å². The number of aromatic amines is 1. The maximum absolute atomic E-state index is 14.8. The molecular weight excluding hydrogens is 902 g/mol. The van der Waals surface area contributed by atoms with E-state index >= 15 is 0 Å². The third kappa shape index (κ3) is 8.98. The van der Waals surface area contributed by atoms with Gasteiger partial charge in [0.1, 0.15) is 23.8 Å². The summed E-state index contributed by atoms with van der Waals surface area (Å²) in [6, 6.07) is 17.4. The molecule has 2 aliphatic carbocycles. The van der Waals surface area contributed by atoms with Gasteiger partial charge in [-0.1, -0.05) is 44.5 Å². The minimum absolute atomic E-state index is 0.0213. The van der Waals surface area contributed by atoms with Crippen molar-refractivity contribution in [2.24, 2.45) is 11.3 Å². The first-order chi connectivity index (χ1) is 33.0. The number of fused-ring (bicyclic) bond motifs is 2. The van der Waals surface area contributed by atoms with Gasteiger partial charge in [-0.2, -0.15) is 0 Å². The number of H-pyrrole nitrogens is 1. The zero-order chi connectivity index (χ0) is 48.4. The number of nitro groups is 1. The number of carbonyl (C=O) groups excluding carboxylic acids is 1. The molecule has 69 heavy (non-hydrogen) atoms. The number of likely N-dealkylation sites (tertiary alicyclic amines) is 1. The van der Waals surface area contributed by atoms with Gasteiger partial charge in [-0.15, -0.1) is 6.42 Å². The average Bonchev–Trinajstić information content (AvgIpc) is 3.96. The molecule has 0 radical (unpaired) electrons. The third-order valence-electron chi connectivity index (χ3n) is 15.6. The molecule has 2 saturated carbocycles. The zero-order valence-corrected chi connectivity index (χ0v) is 39.9. The summed E-state index contributed by atoms with van der Waals surface area (Å²) in [7, 11) is -4.76. The SMILES string of the molecule is C#Cc1nc2[nH]cc(F)c2cc1Oc1cc(N2CCC3(CC2)CN([C@H]2CCC[C@H]2c2ccccc2C(C)C)C3)ccc1C(=O)NS(=O)(=O)c1cc2c(c([N+](=O)[O-])c1)N[C@@H](C1CCC(C)(O)CC1)CO2. The molecule has 2 aromatic heterocycles. The minimum atomic E-state index is -4.76. The van der Waals surface area contributed by atoms with Gasteiger partial charge in [0, 0.05) is 62.3 Å². The van der Waals surface area contributed by atoms with Crippen LogP contribution in [0.3, 0.4) is 0 Å². The molecule has 1 spiro atoms. The van der Waals surface area contributed by atoms with Gasteiger partial charge < -0.3 is 29.8 Å². The molecule has 2 saturated heterocycles. The Bertz CT molecular complexity index is 2980. The van der Waals surface area contributed by atoms with E-state index < -0.39 is 42.9 Å². The predicted octanol–water partition coefficient (Wildman–Crippen LogP) is 8.98. The summed E-state index contributed by atoms with van der Waals surface area (Å²) in [5.74, 6) is 1.74. The number of sulfonamides is 1. The van der Waals surface area contributed by atoms with Crippen LogP contribution in [0.15, 0.2) is 71.8 Å². The molecule has 5 aromatic rings. The second-order valence-corrected chi connectivity index (χ2v) is 22.2. The summed E-state index contributed by atoms with van der Waals surface area (Å²) >= 11 is 0. The number of benzene rings is 3.